The van der Waals surface area contributed by atoms with E-state index in [2.05, 4.69) is 31.3 Å². The first-order valence-corrected chi connectivity index (χ1v) is 13.7. The van der Waals surface area contributed by atoms with Crippen LogP contribution in [0.3, 0.4) is 0 Å². The van der Waals surface area contributed by atoms with Crippen LogP contribution >= 0.6 is 0 Å². The Hall–Kier alpha value is -2.36. The molecule has 38 heavy (non-hydrogen) atoms. The van der Waals surface area contributed by atoms with Gasteiger partial charge in [0.2, 0.25) is 11.8 Å². The maximum absolute atomic E-state index is 12.8. The molecule has 0 bridgehead atoms. The van der Waals surface area contributed by atoms with Crippen molar-refractivity contribution in [2.45, 2.75) is 78.6 Å². The molecule has 216 valence electrons. The summed E-state index contributed by atoms with van der Waals surface area (Å²) < 4.78 is 22.7. The van der Waals surface area contributed by atoms with Crippen LogP contribution in [-0.4, -0.2) is 64.0 Å². The van der Waals surface area contributed by atoms with E-state index in [9.17, 15) is 9.59 Å². The van der Waals surface area contributed by atoms with E-state index in [0.717, 1.165) is 30.6 Å². The van der Waals surface area contributed by atoms with Crippen LogP contribution in [0.25, 0.3) is 0 Å². The predicted octanol–water partition coefficient (Wildman–Crippen LogP) is 3.06. The van der Waals surface area contributed by atoms with Gasteiger partial charge in [0.15, 0.2) is 11.5 Å². The SMILES string of the molecule is COCCCOc1cc(CC(CC(N)C2CC(C(=O)NCC(C)(C)C(N)=O)C(C)O2)C(C)C)ccc1OC. The molecule has 2 amide bonds. The second-order valence-electron chi connectivity index (χ2n) is 11.5. The largest absolute Gasteiger partial charge is 0.493 e. The van der Waals surface area contributed by atoms with E-state index >= 15 is 0 Å². The summed E-state index contributed by atoms with van der Waals surface area (Å²) in [5.74, 6) is 1.28. The van der Waals surface area contributed by atoms with Gasteiger partial charge in [-0.1, -0.05) is 19.9 Å². The Balaban J connectivity index is 2.00. The minimum Gasteiger partial charge on any atom is -0.493 e. The van der Waals surface area contributed by atoms with Gasteiger partial charge < -0.3 is 35.7 Å². The first-order valence-electron chi connectivity index (χ1n) is 13.7. The molecule has 5 unspecified atom stereocenters. The molecule has 0 saturated carbocycles. The van der Waals surface area contributed by atoms with Crippen molar-refractivity contribution in [2.75, 3.05) is 34.0 Å². The molecule has 1 aromatic rings. The van der Waals surface area contributed by atoms with Crippen LogP contribution in [0.2, 0.25) is 0 Å². The maximum Gasteiger partial charge on any atom is 0.225 e. The maximum atomic E-state index is 12.8. The number of carbonyl (C=O) groups is 2. The molecule has 5 N–H and O–H groups in total. The average Bonchev–Trinajstić information content (AvgIpc) is 3.26. The molecule has 1 fully saturated rings. The molecule has 5 atom stereocenters. The highest BCUT2D eigenvalue weighted by atomic mass is 16.5. The van der Waals surface area contributed by atoms with E-state index in [1.54, 1.807) is 28.1 Å². The molecule has 1 aliphatic heterocycles. The number of benzene rings is 1. The van der Waals surface area contributed by atoms with E-state index in [-0.39, 0.29) is 36.6 Å². The number of methoxy groups -OCH3 is 2. The monoisotopic (exact) mass is 535 g/mol. The van der Waals surface area contributed by atoms with Crippen LogP contribution in [0.15, 0.2) is 18.2 Å². The van der Waals surface area contributed by atoms with Crippen LogP contribution in [0.4, 0.5) is 0 Å². The summed E-state index contributed by atoms with van der Waals surface area (Å²) >= 11 is 0. The van der Waals surface area contributed by atoms with Gasteiger partial charge >= 0.3 is 0 Å². The molecule has 1 aromatic carbocycles. The third-order valence-corrected chi connectivity index (χ3v) is 7.62. The summed E-state index contributed by atoms with van der Waals surface area (Å²) in [6.07, 6.45) is 2.51. The Labute approximate surface area is 228 Å². The van der Waals surface area contributed by atoms with Gasteiger partial charge in [-0.3, -0.25) is 9.59 Å². The fourth-order valence-electron chi connectivity index (χ4n) is 4.73. The Morgan fingerprint density at radius 1 is 1.18 bits per heavy atom. The first-order chi connectivity index (χ1) is 17.9. The first kappa shape index (κ1) is 31.9. The number of nitrogens with one attached hydrogen (secondary N) is 1. The van der Waals surface area contributed by atoms with E-state index in [1.165, 1.54) is 0 Å². The van der Waals surface area contributed by atoms with Crippen molar-refractivity contribution < 1.29 is 28.5 Å². The molecule has 0 spiro atoms. The van der Waals surface area contributed by atoms with Gasteiger partial charge in [-0.2, -0.15) is 0 Å². The molecule has 9 heteroatoms. The molecule has 0 radical (unpaired) electrons. The zero-order chi connectivity index (χ0) is 28.5. The summed E-state index contributed by atoms with van der Waals surface area (Å²) in [5.41, 5.74) is 12.5. The molecule has 1 saturated heterocycles. The van der Waals surface area contributed by atoms with E-state index < -0.39 is 11.3 Å². The highest BCUT2D eigenvalue weighted by molar-refractivity contribution is 5.83. The highest BCUT2D eigenvalue weighted by Crippen LogP contribution is 2.34. The van der Waals surface area contributed by atoms with Gasteiger partial charge in [-0.15, -0.1) is 0 Å². The lowest BCUT2D eigenvalue weighted by Crippen LogP contribution is -2.45. The van der Waals surface area contributed by atoms with Gasteiger partial charge in [0.1, 0.15) is 0 Å². The number of carbonyl (C=O) groups excluding carboxylic acids is 2. The lowest BCUT2D eigenvalue weighted by atomic mass is 9.82. The van der Waals surface area contributed by atoms with Crippen LogP contribution in [-0.2, 0) is 25.5 Å². The molecule has 1 heterocycles. The third kappa shape index (κ3) is 9.13. The van der Waals surface area contributed by atoms with Crippen molar-refractivity contribution in [3.8, 4) is 11.5 Å². The van der Waals surface area contributed by atoms with Crippen LogP contribution < -0.4 is 26.3 Å². The Kier molecular flexibility index (Phi) is 12.3. The molecule has 2 rings (SSSR count). The summed E-state index contributed by atoms with van der Waals surface area (Å²) in [7, 11) is 3.32. The van der Waals surface area contributed by atoms with Crippen LogP contribution in [0.5, 0.6) is 11.5 Å². The van der Waals surface area contributed by atoms with Crippen molar-refractivity contribution in [2.24, 2.45) is 34.6 Å². The molecular formula is C29H49N3O6. The van der Waals surface area contributed by atoms with E-state index in [4.69, 9.17) is 30.4 Å². The second kappa shape index (κ2) is 14.7. The normalized spacial score (nSPS) is 21.2. The van der Waals surface area contributed by atoms with Crippen molar-refractivity contribution in [1.29, 1.82) is 0 Å². The van der Waals surface area contributed by atoms with Gasteiger partial charge in [0.25, 0.3) is 0 Å². The minimum absolute atomic E-state index is 0.127. The topological polar surface area (TPSA) is 135 Å². The molecule has 1 aliphatic rings. The van der Waals surface area contributed by atoms with Crippen molar-refractivity contribution in [3.05, 3.63) is 23.8 Å². The predicted molar refractivity (Wildman–Crippen MR) is 148 cm³/mol. The molecule has 9 nitrogen and oxygen atoms in total. The zero-order valence-corrected chi connectivity index (χ0v) is 24.3. The summed E-state index contributed by atoms with van der Waals surface area (Å²) in [6.45, 7) is 11.1. The highest BCUT2D eigenvalue weighted by Gasteiger charge is 2.40. The smallest absolute Gasteiger partial charge is 0.225 e. The molecule has 0 aliphatic carbocycles. The Bertz CT molecular complexity index is 906. The molecular weight excluding hydrogens is 486 g/mol. The minimum atomic E-state index is -0.811. The number of primary amides is 1. The Morgan fingerprint density at radius 2 is 1.89 bits per heavy atom. The van der Waals surface area contributed by atoms with Gasteiger partial charge in [-0.25, -0.2) is 0 Å². The fraction of sp³-hybridized carbons (Fsp3) is 0.724. The lowest BCUT2D eigenvalue weighted by Gasteiger charge is -2.28. The van der Waals surface area contributed by atoms with E-state index in [0.29, 0.717) is 37.2 Å². The summed E-state index contributed by atoms with van der Waals surface area (Å²) in [4.78, 5) is 24.4. The zero-order valence-electron chi connectivity index (χ0n) is 24.3. The Morgan fingerprint density at radius 3 is 2.50 bits per heavy atom. The van der Waals surface area contributed by atoms with Crippen molar-refractivity contribution in [1.82, 2.24) is 5.32 Å². The van der Waals surface area contributed by atoms with E-state index in [1.807, 2.05) is 13.0 Å². The van der Waals surface area contributed by atoms with Crippen LogP contribution in [0.1, 0.15) is 59.4 Å². The molecule has 0 aromatic heterocycles. The number of hydrogen-bond donors (Lipinski definition) is 3. The van der Waals surface area contributed by atoms with Crippen molar-refractivity contribution in [3.63, 3.8) is 0 Å². The van der Waals surface area contributed by atoms with Gasteiger partial charge in [-0.05, 0) is 69.6 Å². The summed E-state index contributed by atoms with van der Waals surface area (Å²) in [6, 6.07) is 5.87. The van der Waals surface area contributed by atoms with Crippen molar-refractivity contribution >= 4 is 11.8 Å². The van der Waals surface area contributed by atoms with Crippen LogP contribution in [0, 0.1) is 23.2 Å². The third-order valence-electron chi connectivity index (χ3n) is 7.62. The fourth-order valence-corrected chi connectivity index (χ4v) is 4.73. The van der Waals surface area contributed by atoms with Gasteiger partial charge in [0, 0.05) is 32.7 Å². The lowest BCUT2D eigenvalue weighted by molar-refractivity contribution is -0.129. The number of ether oxygens (including phenoxy) is 4. The average molecular weight is 536 g/mol. The number of amides is 2. The summed E-state index contributed by atoms with van der Waals surface area (Å²) in [5, 5.41) is 2.87. The quantitative estimate of drug-likeness (QED) is 0.277. The number of rotatable bonds is 16. The number of nitrogens with two attached hydrogens (primary N) is 2. The van der Waals surface area contributed by atoms with Gasteiger partial charge in [0.05, 0.1) is 37.3 Å². The standard InChI is InChI=1S/C29H49N3O6/c1-18(2)21(13-20-9-10-24(36-7)26(14-20)37-12-8-11-35-6)15-23(30)25-16-22(19(3)38-25)27(33)32-17-29(4,5)28(31)34/h9-10,14,18-19,21-23,25H,8,11-13,15-17,30H2,1-7H3,(H2,31,34)(H,32,33). The number of hydrogen-bond acceptors (Lipinski definition) is 7. The second-order valence-corrected chi connectivity index (χ2v) is 11.5.